The van der Waals surface area contributed by atoms with Crippen molar-refractivity contribution in [2.45, 2.75) is 25.7 Å². The summed E-state index contributed by atoms with van der Waals surface area (Å²) < 4.78 is 10.4. The normalized spacial score (nSPS) is 15.5. The third kappa shape index (κ3) is 4.34. The first-order chi connectivity index (χ1) is 17.1. The van der Waals surface area contributed by atoms with Crippen LogP contribution in [0.1, 0.15) is 56.8 Å². The van der Waals surface area contributed by atoms with Crippen LogP contribution in [0.15, 0.2) is 54.6 Å². The molecule has 2 aliphatic rings. The van der Waals surface area contributed by atoms with Crippen molar-refractivity contribution >= 4 is 34.2 Å². The summed E-state index contributed by atoms with van der Waals surface area (Å²) in [6.07, 6.45) is 3.89. The fourth-order valence-corrected chi connectivity index (χ4v) is 4.94. The molecule has 0 bridgehead atoms. The monoisotopic (exact) mass is 472 g/mol. The van der Waals surface area contributed by atoms with Crippen molar-refractivity contribution in [3.05, 3.63) is 71.3 Å². The zero-order valence-corrected chi connectivity index (χ0v) is 19.8. The van der Waals surface area contributed by atoms with Gasteiger partial charge in [0, 0.05) is 47.2 Å². The van der Waals surface area contributed by atoms with E-state index in [-0.39, 0.29) is 25.0 Å². The quantitative estimate of drug-likeness (QED) is 0.282. The number of imide groups is 1. The lowest BCUT2D eigenvalue weighted by molar-refractivity contribution is 0.0476. The Bertz CT molecular complexity index is 1260. The van der Waals surface area contributed by atoms with Gasteiger partial charge in [-0.1, -0.05) is 12.1 Å². The van der Waals surface area contributed by atoms with Gasteiger partial charge in [0.2, 0.25) is 0 Å². The van der Waals surface area contributed by atoms with Crippen LogP contribution in [-0.2, 0) is 4.74 Å². The molecule has 2 aliphatic heterocycles. The average Bonchev–Trinajstić information content (AvgIpc) is 2.91. The summed E-state index contributed by atoms with van der Waals surface area (Å²) in [7, 11) is 1.56. The highest BCUT2D eigenvalue weighted by atomic mass is 16.5. The van der Waals surface area contributed by atoms with E-state index < -0.39 is 5.97 Å². The summed E-state index contributed by atoms with van der Waals surface area (Å²) in [5, 5.41) is 1.70. The van der Waals surface area contributed by atoms with Gasteiger partial charge in [-0.25, -0.2) is 4.79 Å². The molecule has 3 aromatic rings. The molecule has 0 spiro atoms. The van der Waals surface area contributed by atoms with E-state index in [2.05, 4.69) is 4.90 Å². The molecule has 2 amide bonds. The second-order valence-corrected chi connectivity index (χ2v) is 8.89. The minimum absolute atomic E-state index is 0.104. The van der Waals surface area contributed by atoms with Gasteiger partial charge < -0.3 is 14.4 Å². The van der Waals surface area contributed by atoms with Crippen molar-refractivity contribution in [1.82, 2.24) is 4.90 Å². The molecule has 0 aliphatic carbocycles. The summed E-state index contributed by atoms with van der Waals surface area (Å²) in [6, 6.07) is 16.2. The molecule has 0 aromatic heterocycles. The second-order valence-electron chi connectivity index (χ2n) is 8.89. The highest BCUT2D eigenvalue weighted by Crippen LogP contribution is 2.36. The Hall–Kier alpha value is -3.87. The van der Waals surface area contributed by atoms with E-state index in [1.165, 1.54) is 11.3 Å². The molecule has 0 unspecified atom stereocenters. The Morgan fingerprint density at radius 3 is 2.31 bits per heavy atom. The lowest BCUT2D eigenvalue weighted by Gasteiger charge is -2.32. The summed E-state index contributed by atoms with van der Waals surface area (Å²) >= 11 is 0. The molecular formula is C28H28N2O5. The number of amides is 2. The lowest BCUT2D eigenvalue weighted by Crippen LogP contribution is -2.41. The predicted octanol–water partition coefficient (Wildman–Crippen LogP) is 4.68. The molecule has 5 rings (SSSR count). The van der Waals surface area contributed by atoms with Crippen molar-refractivity contribution in [3.63, 3.8) is 0 Å². The SMILES string of the molecule is COc1ccc(C(=O)OCCCN2C(=O)c3cccc4c(N5CCCCC5)ccc(c34)C2=O)cc1. The number of piperidine rings is 1. The minimum Gasteiger partial charge on any atom is -0.497 e. The number of anilines is 1. The maximum absolute atomic E-state index is 13.3. The number of hydrogen-bond acceptors (Lipinski definition) is 6. The van der Waals surface area contributed by atoms with Crippen LogP contribution in [0.5, 0.6) is 5.75 Å². The van der Waals surface area contributed by atoms with Gasteiger partial charge in [-0.05, 0) is 68.1 Å². The smallest absolute Gasteiger partial charge is 0.338 e. The third-order valence-corrected chi connectivity index (χ3v) is 6.75. The Morgan fingerprint density at radius 2 is 1.60 bits per heavy atom. The molecule has 3 aromatic carbocycles. The molecule has 7 nitrogen and oxygen atoms in total. The van der Waals surface area contributed by atoms with Crippen LogP contribution < -0.4 is 9.64 Å². The van der Waals surface area contributed by atoms with Crippen LogP contribution in [0, 0.1) is 0 Å². The number of carbonyl (C=O) groups is 3. The van der Waals surface area contributed by atoms with E-state index in [4.69, 9.17) is 9.47 Å². The molecule has 1 saturated heterocycles. The Kier molecular flexibility index (Phi) is 6.40. The van der Waals surface area contributed by atoms with Crippen LogP contribution in [0.2, 0.25) is 0 Å². The van der Waals surface area contributed by atoms with E-state index in [9.17, 15) is 14.4 Å². The average molecular weight is 473 g/mol. The van der Waals surface area contributed by atoms with Crippen LogP contribution in [0.25, 0.3) is 10.8 Å². The van der Waals surface area contributed by atoms with Gasteiger partial charge in [0.05, 0.1) is 19.3 Å². The first-order valence-corrected chi connectivity index (χ1v) is 12.1. The molecule has 35 heavy (non-hydrogen) atoms. The van der Waals surface area contributed by atoms with E-state index in [0.29, 0.717) is 28.9 Å². The molecule has 0 saturated carbocycles. The fraction of sp³-hybridized carbons (Fsp3) is 0.321. The van der Waals surface area contributed by atoms with E-state index in [0.717, 1.165) is 42.4 Å². The molecule has 1 fully saturated rings. The van der Waals surface area contributed by atoms with Crippen LogP contribution in [0.4, 0.5) is 5.69 Å². The van der Waals surface area contributed by atoms with E-state index in [1.54, 1.807) is 37.4 Å². The number of nitrogens with zero attached hydrogens (tertiary/aromatic N) is 2. The van der Waals surface area contributed by atoms with Gasteiger partial charge in [-0.2, -0.15) is 0 Å². The third-order valence-electron chi connectivity index (χ3n) is 6.75. The van der Waals surface area contributed by atoms with E-state index in [1.807, 2.05) is 24.3 Å². The number of rotatable bonds is 7. The second kappa shape index (κ2) is 9.78. The highest BCUT2D eigenvalue weighted by molar-refractivity contribution is 6.26. The molecular weight excluding hydrogens is 444 g/mol. The molecule has 2 heterocycles. The van der Waals surface area contributed by atoms with Gasteiger partial charge in [0.1, 0.15) is 5.75 Å². The van der Waals surface area contributed by atoms with Gasteiger partial charge in [-0.3, -0.25) is 14.5 Å². The number of methoxy groups -OCH3 is 1. The predicted molar refractivity (Wildman–Crippen MR) is 133 cm³/mol. The summed E-state index contributed by atoms with van der Waals surface area (Å²) in [6.45, 7) is 2.26. The standard InChI is InChI=1S/C28H28N2O5/c1-34-20-11-9-19(10-12-20)28(33)35-18-6-17-30-26(31)22-8-5-7-21-24(29-15-3-2-4-16-29)14-13-23(25(21)22)27(30)32/h5,7-14H,2-4,6,15-18H2,1H3. The summed E-state index contributed by atoms with van der Waals surface area (Å²) in [5.74, 6) is -0.401. The summed E-state index contributed by atoms with van der Waals surface area (Å²) in [4.78, 5) is 42.4. The Balaban J connectivity index is 1.28. The first-order valence-electron chi connectivity index (χ1n) is 12.1. The topological polar surface area (TPSA) is 76.2 Å². The maximum Gasteiger partial charge on any atom is 0.338 e. The van der Waals surface area contributed by atoms with Crippen LogP contribution in [0.3, 0.4) is 0 Å². The van der Waals surface area contributed by atoms with Gasteiger partial charge in [0.15, 0.2) is 0 Å². The molecule has 0 atom stereocenters. The highest BCUT2D eigenvalue weighted by Gasteiger charge is 2.33. The number of hydrogen-bond donors (Lipinski definition) is 0. The van der Waals surface area contributed by atoms with Crippen LogP contribution >= 0.6 is 0 Å². The molecule has 180 valence electrons. The number of carbonyl (C=O) groups excluding carboxylic acids is 3. The maximum atomic E-state index is 13.3. The largest absolute Gasteiger partial charge is 0.497 e. The zero-order valence-electron chi connectivity index (χ0n) is 19.8. The van der Waals surface area contributed by atoms with Crippen molar-refractivity contribution in [3.8, 4) is 5.75 Å². The first kappa shape index (κ1) is 22.9. The number of ether oxygens (including phenoxy) is 2. The van der Waals surface area contributed by atoms with Crippen molar-refractivity contribution < 1.29 is 23.9 Å². The van der Waals surface area contributed by atoms with Crippen molar-refractivity contribution in [2.75, 3.05) is 38.3 Å². The van der Waals surface area contributed by atoms with E-state index >= 15 is 0 Å². The number of benzene rings is 3. The summed E-state index contributed by atoms with van der Waals surface area (Å²) in [5.41, 5.74) is 2.60. The minimum atomic E-state index is -0.454. The molecule has 0 radical (unpaired) electrons. The van der Waals surface area contributed by atoms with Crippen LogP contribution in [-0.4, -0.2) is 56.0 Å². The van der Waals surface area contributed by atoms with Gasteiger partial charge in [-0.15, -0.1) is 0 Å². The Labute approximate surface area is 204 Å². The Morgan fingerprint density at radius 1 is 0.886 bits per heavy atom. The van der Waals surface area contributed by atoms with Crippen molar-refractivity contribution in [1.29, 1.82) is 0 Å². The molecule has 7 heteroatoms. The van der Waals surface area contributed by atoms with Gasteiger partial charge >= 0.3 is 5.97 Å². The van der Waals surface area contributed by atoms with Crippen molar-refractivity contribution in [2.24, 2.45) is 0 Å². The lowest BCUT2D eigenvalue weighted by atomic mass is 9.92. The molecule has 0 N–H and O–H groups in total. The number of esters is 1. The fourth-order valence-electron chi connectivity index (χ4n) is 4.94. The van der Waals surface area contributed by atoms with Gasteiger partial charge in [0.25, 0.3) is 11.8 Å². The zero-order chi connectivity index (χ0) is 24.4.